The van der Waals surface area contributed by atoms with E-state index >= 15 is 0 Å². The summed E-state index contributed by atoms with van der Waals surface area (Å²) in [5, 5.41) is 3.07. The molecular formula is C14H20FN3O. The number of carbonyl (C=O) groups excluding carboxylic acids is 1. The molecule has 1 unspecified atom stereocenters. The molecule has 1 aliphatic rings. The molecular weight excluding hydrogens is 245 g/mol. The lowest BCUT2D eigenvalue weighted by molar-refractivity contribution is -0.133. The maximum absolute atomic E-state index is 13.0. The summed E-state index contributed by atoms with van der Waals surface area (Å²) in [7, 11) is 3.70. The normalized spacial score (nSPS) is 19.9. The Labute approximate surface area is 113 Å². The van der Waals surface area contributed by atoms with Crippen LogP contribution in [0.4, 0.5) is 10.1 Å². The molecule has 1 aromatic carbocycles. The number of anilines is 1. The molecule has 104 valence electrons. The number of likely N-dealkylation sites (N-methyl/N-ethyl adjacent to an activating group) is 1. The number of piperazine rings is 1. The molecule has 0 aromatic heterocycles. The number of hydrogen-bond acceptors (Lipinski definition) is 3. The lowest BCUT2D eigenvalue weighted by atomic mass is 10.1. The fourth-order valence-electron chi connectivity index (χ4n) is 2.41. The molecule has 1 aromatic rings. The van der Waals surface area contributed by atoms with Crippen LogP contribution in [0.15, 0.2) is 24.3 Å². The summed E-state index contributed by atoms with van der Waals surface area (Å²) in [5.41, 5.74) is 0.906. The summed E-state index contributed by atoms with van der Waals surface area (Å²) in [6, 6.07) is 6.18. The molecule has 5 heteroatoms. The van der Waals surface area contributed by atoms with Gasteiger partial charge in [0.2, 0.25) is 5.91 Å². The van der Waals surface area contributed by atoms with Crippen molar-refractivity contribution in [2.75, 3.05) is 38.6 Å². The van der Waals surface area contributed by atoms with Gasteiger partial charge in [-0.3, -0.25) is 4.79 Å². The highest BCUT2D eigenvalue weighted by Crippen LogP contribution is 2.22. The average molecular weight is 265 g/mol. The van der Waals surface area contributed by atoms with Crippen LogP contribution in [0.3, 0.4) is 0 Å². The number of carbonyl (C=O) groups is 1. The van der Waals surface area contributed by atoms with E-state index in [2.05, 4.69) is 10.2 Å². The third kappa shape index (κ3) is 3.04. The summed E-state index contributed by atoms with van der Waals surface area (Å²) in [4.78, 5) is 16.1. The predicted octanol–water partition coefficient (Wildman–Crippen LogP) is 1.08. The van der Waals surface area contributed by atoms with Crippen LogP contribution in [0.5, 0.6) is 0 Å². The number of amides is 1. The molecule has 1 amide bonds. The van der Waals surface area contributed by atoms with Gasteiger partial charge in [0.1, 0.15) is 11.9 Å². The van der Waals surface area contributed by atoms with Gasteiger partial charge < -0.3 is 15.1 Å². The minimum atomic E-state index is -0.254. The minimum Gasteiger partial charge on any atom is -0.358 e. The summed E-state index contributed by atoms with van der Waals surface area (Å²) < 4.78 is 13.0. The van der Waals surface area contributed by atoms with Gasteiger partial charge in [0.05, 0.1) is 0 Å². The lowest BCUT2D eigenvalue weighted by Crippen LogP contribution is -2.56. The van der Waals surface area contributed by atoms with Crippen LogP contribution in [-0.4, -0.2) is 50.6 Å². The van der Waals surface area contributed by atoms with Crippen molar-refractivity contribution in [3.05, 3.63) is 30.1 Å². The summed E-state index contributed by atoms with van der Waals surface area (Å²) in [5.74, 6) is -0.123. The van der Waals surface area contributed by atoms with E-state index in [1.54, 1.807) is 17.0 Å². The van der Waals surface area contributed by atoms with Crippen molar-refractivity contribution in [2.45, 2.75) is 12.5 Å². The zero-order valence-corrected chi connectivity index (χ0v) is 11.4. The van der Waals surface area contributed by atoms with Crippen molar-refractivity contribution < 1.29 is 9.18 Å². The molecule has 0 bridgehead atoms. The standard InChI is InChI=1S/C14H20FN3O/c1-16-8-7-13-14(19)17(2)9-10-18(13)12-5-3-11(15)4-6-12/h3-6,13,16H,7-10H2,1-2H3. The highest BCUT2D eigenvalue weighted by atomic mass is 19.1. The van der Waals surface area contributed by atoms with Crippen LogP contribution >= 0.6 is 0 Å². The third-order valence-corrected chi connectivity index (χ3v) is 3.54. The van der Waals surface area contributed by atoms with Crippen LogP contribution < -0.4 is 10.2 Å². The molecule has 0 saturated carbocycles. The Morgan fingerprint density at radius 3 is 2.63 bits per heavy atom. The Balaban J connectivity index is 2.20. The molecule has 4 nitrogen and oxygen atoms in total. The van der Waals surface area contributed by atoms with Gasteiger partial charge in [-0.15, -0.1) is 0 Å². The third-order valence-electron chi connectivity index (χ3n) is 3.54. The number of halogens is 1. The fraction of sp³-hybridized carbons (Fsp3) is 0.500. The molecule has 1 heterocycles. The zero-order chi connectivity index (χ0) is 13.8. The minimum absolute atomic E-state index is 0.130. The maximum Gasteiger partial charge on any atom is 0.245 e. The zero-order valence-electron chi connectivity index (χ0n) is 11.4. The van der Waals surface area contributed by atoms with Gasteiger partial charge in [-0.05, 0) is 44.3 Å². The molecule has 0 radical (unpaired) electrons. The van der Waals surface area contributed by atoms with E-state index in [0.29, 0.717) is 6.54 Å². The Morgan fingerprint density at radius 1 is 1.32 bits per heavy atom. The highest BCUT2D eigenvalue weighted by molar-refractivity contribution is 5.86. The van der Waals surface area contributed by atoms with Crippen molar-refractivity contribution >= 4 is 11.6 Å². The molecule has 1 aliphatic heterocycles. The molecule has 1 N–H and O–H groups in total. The first-order valence-electron chi connectivity index (χ1n) is 6.55. The smallest absolute Gasteiger partial charge is 0.245 e. The van der Waals surface area contributed by atoms with Crippen molar-refractivity contribution in [2.24, 2.45) is 0 Å². The average Bonchev–Trinajstić information content (AvgIpc) is 2.41. The first-order valence-corrected chi connectivity index (χ1v) is 6.55. The molecule has 0 aliphatic carbocycles. The van der Waals surface area contributed by atoms with Crippen LogP contribution in [0.25, 0.3) is 0 Å². The first kappa shape index (κ1) is 13.8. The van der Waals surface area contributed by atoms with E-state index in [0.717, 1.165) is 25.2 Å². The molecule has 2 rings (SSSR count). The van der Waals surface area contributed by atoms with Gasteiger partial charge in [-0.2, -0.15) is 0 Å². The van der Waals surface area contributed by atoms with Crippen LogP contribution in [0.1, 0.15) is 6.42 Å². The van der Waals surface area contributed by atoms with Crippen LogP contribution in [-0.2, 0) is 4.79 Å². The maximum atomic E-state index is 13.0. The van der Waals surface area contributed by atoms with E-state index in [1.165, 1.54) is 12.1 Å². The van der Waals surface area contributed by atoms with E-state index in [1.807, 2.05) is 14.1 Å². The predicted molar refractivity (Wildman–Crippen MR) is 73.7 cm³/mol. The molecule has 1 saturated heterocycles. The largest absolute Gasteiger partial charge is 0.358 e. The van der Waals surface area contributed by atoms with E-state index in [4.69, 9.17) is 0 Å². The van der Waals surface area contributed by atoms with E-state index < -0.39 is 0 Å². The Morgan fingerprint density at radius 2 is 2.00 bits per heavy atom. The summed E-state index contributed by atoms with van der Waals surface area (Å²) in [6.45, 7) is 2.26. The van der Waals surface area contributed by atoms with Crippen LogP contribution in [0.2, 0.25) is 0 Å². The number of benzene rings is 1. The number of rotatable bonds is 4. The number of nitrogens with one attached hydrogen (secondary N) is 1. The molecule has 1 fully saturated rings. The number of hydrogen-bond donors (Lipinski definition) is 1. The van der Waals surface area contributed by atoms with Crippen molar-refractivity contribution in [3.8, 4) is 0 Å². The van der Waals surface area contributed by atoms with Crippen molar-refractivity contribution in [1.82, 2.24) is 10.2 Å². The van der Waals surface area contributed by atoms with Crippen LogP contribution in [0, 0.1) is 5.82 Å². The SMILES string of the molecule is CNCCC1C(=O)N(C)CCN1c1ccc(F)cc1. The second kappa shape index (κ2) is 6.02. The quantitative estimate of drug-likeness (QED) is 0.885. The van der Waals surface area contributed by atoms with Crippen molar-refractivity contribution in [3.63, 3.8) is 0 Å². The topological polar surface area (TPSA) is 35.6 Å². The van der Waals surface area contributed by atoms with E-state index in [-0.39, 0.29) is 17.8 Å². The highest BCUT2D eigenvalue weighted by Gasteiger charge is 2.32. The van der Waals surface area contributed by atoms with Crippen molar-refractivity contribution in [1.29, 1.82) is 0 Å². The second-order valence-corrected chi connectivity index (χ2v) is 4.84. The molecule has 19 heavy (non-hydrogen) atoms. The lowest BCUT2D eigenvalue weighted by Gasteiger charge is -2.40. The first-order chi connectivity index (χ1) is 9.13. The van der Waals surface area contributed by atoms with E-state index in [9.17, 15) is 9.18 Å². The van der Waals surface area contributed by atoms with Gasteiger partial charge >= 0.3 is 0 Å². The van der Waals surface area contributed by atoms with Gasteiger partial charge in [0.15, 0.2) is 0 Å². The Kier molecular flexibility index (Phi) is 4.37. The van der Waals surface area contributed by atoms with Gasteiger partial charge in [0, 0.05) is 25.8 Å². The second-order valence-electron chi connectivity index (χ2n) is 4.84. The van der Waals surface area contributed by atoms with Gasteiger partial charge in [0.25, 0.3) is 0 Å². The Hall–Kier alpha value is -1.62. The number of nitrogens with zero attached hydrogens (tertiary/aromatic N) is 2. The van der Waals surface area contributed by atoms with Gasteiger partial charge in [-0.25, -0.2) is 4.39 Å². The molecule has 0 spiro atoms. The summed E-state index contributed by atoms with van der Waals surface area (Å²) in [6.07, 6.45) is 0.747. The fourth-order valence-corrected chi connectivity index (χ4v) is 2.41. The monoisotopic (exact) mass is 265 g/mol. The van der Waals surface area contributed by atoms with Gasteiger partial charge in [-0.1, -0.05) is 0 Å². The summed E-state index contributed by atoms with van der Waals surface area (Å²) >= 11 is 0. The molecule has 1 atom stereocenters. The Bertz CT molecular complexity index is 435.